The summed E-state index contributed by atoms with van der Waals surface area (Å²) in [7, 11) is 0. The molecule has 0 aromatic heterocycles. The number of hydrogen-bond acceptors (Lipinski definition) is 1. The molecular formula is C10H17N4+. The van der Waals surface area contributed by atoms with Crippen molar-refractivity contribution in [3.05, 3.63) is 28.8 Å². The first-order valence-corrected chi connectivity index (χ1v) is 4.48. The van der Waals surface area contributed by atoms with E-state index in [2.05, 4.69) is 36.4 Å². The zero-order chi connectivity index (χ0) is 10.7. The van der Waals surface area contributed by atoms with E-state index < -0.39 is 0 Å². The Morgan fingerprint density at radius 3 is 2.29 bits per heavy atom. The van der Waals surface area contributed by atoms with Gasteiger partial charge in [-0.25, -0.2) is 10.4 Å². The van der Waals surface area contributed by atoms with Crippen LogP contribution in [-0.2, 0) is 0 Å². The molecule has 0 radical (unpaired) electrons. The lowest BCUT2D eigenvalue weighted by molar-refractivity contribution is -0.358. The van der Waals surface area contributed by atoms with E-state index >= 15 is 0 Å². The van der Waals surface area contributed by atoms with Crippen LogP contribution in [0.2, 0.25) is 0 Å². The second-order valence-corrected chi connectivity index (χ2v) is 3.43. The molecule has 1 rings (SSSR count). The van der Waals surface area contributed by atoms with E-state index in [9.17, 15) is 0 Å². The topological polar surface area (TPSA) is 78.0 Å². The molecule has 0 bridgehead atoms. The monoisotopic (exact) mass is 193 g/mol. The second kappa shape index (κ2) is 4.11. The lowest BCUT2D eigenvalue weighted by Gasteiger charge is -2.04. The predicted molar refractivity (Wildman–Crippen MR) is 57.8 cm³/mol. The van der Waals surface area contributed by atoms with Gasteiger partial charge in [-0.3, -0.25) is 5.73 Å². The van der Waals surface area contributed by atoms with E-state index in [0.29, 0.717) is 5.96 Å². The van der Waals surface area contributed by atoms with Crippen LogP contribution in [0.3, 0.4) is 0 Å². The van der Waals surface area contributed by atoms with Gasteiger partial charge < -0.3 is 0 Å². The summed E-state index contributed by atoms with van der Waals surface area (Å²) in [6.07, 6.45) is 0. The predicted octanol–water partition coefficient (Wildman–Crippen LogP) is -0.898. The number of hydrazine groups is 1. The number of nitrogens with one attached hydrogen (secondary N) is 2. The van der Waals surface area contributed by atoms with Crippen LogP contribution in [0.15, 0.2) is 12.1 Å². The van der Waals surface area contributed by atoms with Gasteiger partial charge in [-0.05, 0) is 43.5 Å². The molecule has 6 N–H and O–H groups in total. The molecule has 76 valence electrons. The molecule has 0 amide bonds. The largest absolute Gasteiger partial charge is 0.363 e. The van der Waals surface area contributed by atoms with E-state index in [1.54, 1.807) is 0 Å². The van der Waals surface area contributed by atoms with Gasteiger partial charge in [-0.15, -0.1) is 0 Å². The minimum Gasteiger partial charge on any atom is -0.289 e. The SMILES string of the molecule is Cc1cc(C)c([NH+]=C(N)NN)cc1C. The van der Waals surface area contributed by atoms with Crippen molar-refractivity contribution < 1.29 is 4.99 Å². The van der Waals surface area contributed by atoms with E-state index in [-0.39, 0.29) is 0 Å². The lowest BCUT2D eigenvalue weighted by Crippen LogP contribution is -2.74. The number of nitrogens with two attached hydrogens (primary N) is 2. The third-order valence-electron chi connectivity index (χ3n) is 2.27. The summed E-state index contributed by atoms with van der Waals surface area (Å²) >= 11 is 0. The maximum absolute atomic E-state index is 5.53. The number of rotatable bonds is 1. The first-order chi connectivity index (χ1) is 6.54. The third kappa shape index (κ3) is 2.23. The van der Waals surface area contributed by atoms with Crippen LogP contribution in [0, 0.1) is 20.8 Å². The first-order valence-electron chi connectivity index (χ1n) is 4.48. The Labute approximate surface area is 84.0 Å². The molecule has 1 aromatic rings. The van der Waals surface area contributed by atoms with Crippen molar-refractivity contribution >= 4 is 11.6 Å². The van der Waals surface area contributed by atoms with Crippen molar-refractivity contribution in [2.24, 2.45) is 11.6 Å². The molecule has 0 aliphatic rings. The van der Waals surface area contributed by atoms with Crippen molar-refractivity contribution in [2.45, 2.75) is 20.8 Å². The average Bonchev–Trinajstić information content (AvgIpc) is 2.14. The molecule has 0 heterocycles. The summed E-state index contributed by atoms with van der Waals surface area (Å²) in [5.41, 5.74) is 12.5. The lowest BCUT2D eigenvalue weighted by atomic mass is 10.1. The van der Waals surface area contributed by atoms with E-state index in [1.165, 1.54) is 11.1 Å². The van der Waals surface area contributed by atoms with Crippen LogP contribution in [0.1, 0.15) is 16.7 Å². The number of benzene rings is 1. The highest BCUT2D eigenvalue weighted by molar-refractivity contribution is 5.72. The second-order valence-electron chi connectivity index (χ2n) is 3.43. The molecule has 0 aliphatic heterocycles. The summed E-state index contributed by atoms with van der Waals surface area (Å²) in [5, 5.41) is 0. The molecule has 1 aromatic carbocycles. The zero-order valence-electron chi connectivity index (χ0n) is 8.81. The Morgan fingerprint density at radius 2 is 1.71 bits per heavy atom. The van der Waals surface area contributed by atoms with Crippen LogP contribution in [0.5, 0.6) is 0 Å². The highest BCUT2D eigenvalue weighted by atomic mass is 15.3. The molecule has 4 nitrogen and oxygen atoms in total. The Bertz CT molecular complexity index is 369. The minimum absolute atomic E-state index is 0.344. The van der Waals surface area contributed by atoms with Gasteiger partial charge >= 0.3 is 5.96 Å². The van der Waals surface area contributed by atoms with Crippen LogP contribution >= 0.6 is 0 Å². The number of hydrogen-bond donors (Lipinski definition) is 4. The average molecular weight is 193 g/mol. The van der Waals surface area contributed by atoms with Gasteiger partial charge in [0.1, 0.15) is 5.69 Å². The fourth-order valence-electron chi connectivity index (χ4n) is 1.28. The van der Waals surface area contributed by atoms with Crippen molar-refractivity contribution in [1.82, 2.24) is 5.43 Å². The standard InChI is InChI=1S/C10H16N4/c1-6-4-8(3)9(5-7(6)2)13-10(11)14-12/h4-5H,12H2,1-3H3,(H3,11,13,14)/p+1. The maximum atomic E-state index is 5.53. The third-order valence-corrected chi connectivity index (χ3v) is 2.27. The molecular weight excluding hydrogens is 176 g/mol. The number of aryl methyl sites for hydroxylation is 3. The maximum Gasteiger partial charge on any atom is 0.363 e. The smallest absolute Gasteiger partial charge is 0.289 e. The normalized spacial score (nSPS) is 11.6. The summed E-state index contributed by atoms with van der Waals surface area (Å²) in [4.78, 5) is 2.99. The van der Waals surface area contributed by atoms with Crippen molar-refractivity contribution in [1.29, 1.82) is 0 Å². The Morgan fingerprint density at radius 1 is 1.14 bits per heavy atom. The van der Waals surface area contributed by atoms with Gasteiger partial charge in [0, 0.05) is 0 Å². The minimum atomic E-state index is 0.344. The van der Waals surface area contributed by atoms with E-state index in [4.69, 9.17) is 11.6 Å². The fourth-order valence-corrected chi connectivity index (χ4v) is 1.28. The number of guanidine groups is 1. The summed E-state index contributed by atoms with van der Waals surface area (Å²) in [6.45, 7) is 6.17. The molecule has 0 fully saturated rings. The molecule has 0 unspecified atom stereocenters. The molecule has 0 atom stereocenters. The molecule has 0 aliphatic carbocycles. The summed E-state index contributed by atoms with van der Waals surface area (Å²) in [5.74, 6) is 5.51. The zero-order valence-corrected chi connectivity index (χ0v) is 8.81. The van der Waals surface area contributed by atoms with Crippen molar-refractivity contribution in [3.8, 4) is 0 Å². The van der Waals surface area contributed by atoms with Gasteiger partial charge in [0.05, 0.1) is 0 Å². The van der Waals surface area contributed by atoms with Crippen molar-refractivity contribution in [2.75, 3.05) is 0 Å². The molecule has 0 spiro atoms. The van der Waals surface area contributed by atoms with Gasteiger partial charge in [0.2, 0.25) is 0 Å². The molecule has 0 saturated heterocycles. The van der Waals surface area contributed by atoms with Crippen LogP contribution < -0.4 is 22.0 Å². The van der Waals surface area contributed by atoms with Gasteiger partial charge in [-0.2, -0.15) is 5.84 Å². The molecule has 14 heavy (non-hydrogen) atoms. The molecule has 4 heteroatoms. The van der Waals surface area contributed by atoms with Crippen LogP contribution in [0.25, 0.3) is 0 Å². The van der Waals surface area contributed by atoms with Gasteiger partial charge in [0.25, 0.3) is 0 Å². The van der Waals surface area contributed by atoms with Crippen LogP contribution in [0.4, 0.5) is 5.69 Å². The van der Waals surface area contributed by atoms with Gasteiger partial charge in [0.15, 0.2) is 0 Å². The van der Waals surface area contributed by atoms with Crippen LogP contribution in [-0.4, -0.2) is 5.96 Å². The first kappa shape index (κ1) is 10.5. The fraction of sp³-hybridized carbons (Fsp3) is 0.300. The highest BCUT2D eigenvalue weighted by Crippen LogP contribution is 2.15. The quantitative estimate of drug-likeness (QED) is 0.202. The van der Waals surface area contributed by atoms with E-state index in [1.807, 2.05) is 6.92 Å². The summed E-state index contributed by atoms with van der Waals surface area (Å²) < 4.78 is 0. The molecule has 0 saturated carbocycles. The van der Waals surface area contributed by atoms with Crippen molar-refractivity contribution in [3.63, 3.8) is 0 Å². The Balaban J connectivity index is 3.16. The Hall–Kier alpha value is -1.55. The van der Waals surface area contributed by atoms with E-state index in [0.717, 1.165) is 11.3 Å². The van der Waals surface area contributed by atoms with Gasteiger partial charge in [-0.1, -0.05) is 6.07 Å². The summed E-state index contributed by atoms with van der Waals surface area (Å²) in [6, 6.07) is 4.16. The Kier molecular flexibility index (Phi) is 3.09. The highest BCUT2D eigenvalue weighted by Gasteiger charge is 2.03.